The van der Waals surface area contributed by atoms with E-state index in [1.165, 1.54) is 6.07 Å². The predicted octanol–water partition coefficient (Wildman–Crippen LogP) is 2.20. The van der Waals surface area contributed by atoms with Gasteiger partial charge in [0.1, 0.15) is 5.82 Å². The van der Waals surface area contributed by atoms with Gasteiger partial charge in [0.2, 0.25) is 0 Å². The van der Waals surface area contributed by atoms with Crippen molar-refractivity contribution in [1.29, 1.82) is 0 Å². The Balaban J connectivity index is 3.16. The minimum Gasteiger partial charge on any atom is -0.396 e. The molecule has 0 spiro atoms. The van der Waals surface area contributed by atoms with E-state index >= 15 is 0 Å². The van der Waals surface area contributed by atoms with Crippen LogP contribution in [0.15, 0.2) is 24.3 Å². The fourth-order valence-corrected chi connectivity index (χ4v) is 2.13. The van der Waals surface area contributed by atoms with E-state index in [0.29, 0.717) is 12.0 Å². The Bertz CT molecular complexity index is 342. The zero-order valence-corrected chi connectivity index (χ0v) is 9.91. The predicted molar refractivity (Wildman–Crippen MR) is 63.7 cm³/mol. The Labute approximate surface area is 96.3 Å². The Morgan fingerprint density at radius 3 is 2.56 bits per heavy atom. The first-order chi connectivity index (χ1) is 7.56. The van der Waals surface area contributed by atoms with Crippen LogP contribution in [0.25, 0.3) is 0 Å². The van der Waals surface area contributed by atoms with Crippen LogP contribution in [-0.2, 0) is 5.41 Å². The summed E-state index contributed by atoms with van der Waals surface area (Å²) in [6, 6.07) is 6.50. The quantitative estimate of drug-likeness (QED) is 0.807. The van der Waals surface area contributed by atoms with Crippen molar-refractivity contribution in [2.45, 2.75) is 38.1 Å². The summed E-state index contributed by atoms with van der Waals surface area (Å²) >= 11 is 0. The highest BCUT2D eigenvalue weighted by Gasteiger charge is 2.34. The van der Waals surface area contributed by atoms with E-state index < -0.39 is 5.41 Å². The monoisotopic (exact) mass is 225 g/mol. The molecule has 0 saturated carbocycles. The molecule has 0 radical (unpaired) electrons. The number of rotatable bonds is 5. The van der Waals surface area contributed by atoms with Gasteiger partial charge in [-0.05, 0) is 24.5 Å². The topological polar surface area (TPSA) is 46.2 Å². The van der Waals surface area contributed by atoms with Crippen molar-refractivity contribution in [3.8, 4) is 0 Å². The molecule has 1 rings (SSSR count). The summed E-state index contributed by atoms with van der Waals surface area (Å²) in [5, 5.41) is 9.12. The second kappa shape index (κ2) is 5.41. The molecule has 2 unspecified atom stereocenters. The fraction of sp³-hybridized carbons (Fsp3) is 0.538. The molecule has 0 aliphatic carbocycles. The molecule has 3 heteroatoms. The molecule has 0 aliphatic rings. The van der Waals surface area contributed by atoms with Gasteiger partial charge in [-0.3, -0.25) is 0 Å². The minimum atomic E-state index is -0.505. The van der Waals surface area contributed by atoms with Gasteiger partial charge < -0.3 is 10.8 Å². The van der Waals surface area contributed by atoms with Crippen LogP contribution in [0, 0.1) is 5.82 Å². The van der Waals surface area contributed by atoms with Crippen molar-refractivity contribution in [1.82, 2.24) is 0 Å². The largest absolute Gasteiger partial charge is 0.396 e. The molecule has 0 bridgehead atoms. The van der Waals surface area contributed by atoms with Gasteiger partial charge in [-0.15, -0.1) is 0 Å². The smallest absolute Gasteiger partial charge is 0.127 e. The SMILES string of the molecule is CCC(N)C(C)(CCO)c1ccccc1F. The first-order valence-electron chi connectivity index (χ1n) is 5.67. The third-order valence-electron chi connectivity index (χ3n) is 3.38. The lowest BCUT2D eigenvalue weighted by atomic mass is 9.72. The number of aliphatic hydroxyl groups is 1. The second-order valence-electron chi connectivity index (χ2n) is 4.39. The van der Waals surface area contributed by atoms with E-state index in [4.69, 9.17) is 10.8 Å². The average molecular weight is 225 g/mol. The number of hydrogen-bond acceptors (Lipinski definition) is 2. The summed E-state index contributed by atoms with van der Waals surface area (Å²) in [6.07, 6.45) is 1.23. The molecule has 1 aromatic carbocycles. The van der Waals surface area contributed by atoms with Crippen LogP contribution in [0.1, 0.15) is 32.3 Å². The van der Waals surface area contributed by atoms with Crippen LogP contribution in [-0.4, -0.2) is 17.8 Å². The number of hydrogen-bond donors (Lipinski definition) is 2. The summed E-state index contributed by atoms with van der Waals surface area (Å²) in [4.78, 5) is 0. The third-order valence-corrected chi connectivity index (χ3v) is 3.38. The van der Waals surface area contributed by atoms with Crippen LogP contribution < -0.4 is 5.73 Å². The van der Waals surface area contributed by atoms with Gasteiger partial charge in [-0.1, -0.05) is 32.0 Å². The van der Waals surface area contributed by atoms with E-state index in [1.807, 2.05) is 13.8 Å². The molecule has 2 atom stereocenters. The molecule has 2 nitrogen and oxygen atoms in total. The third kappa shape index (κ3) is 2.42. The molecule has 0 fully saturated rings. The van der Waals surface area contributed by atoms with E-state index in [-0.39, 0.29) is 18.5 Å². The van der Waals surface area contributed by atoms with Crippen molar-refractivity contribution in [2.24, 2.45) is 5.73 Å². The Kier molecular flexibility index (Phi) is 4.44. The number of halogens is 1. The summed E-state index contributed by atoms with van der Waals surface area (Å²) < 4.78 is 13.8. The molecule has 1 aromatic rings. The van der Waals surface area contributed by atoms with Gasteiger partial charge in [-0.25, -0.2) is 4.39 Å². The van der Waals surface area contributed by atoms with Crippen LogP contribution >= 0.6 is 0 Å². The first kappa shape index (κ1) is 13.1. The molecule has 0 heterocycles. The Morgan fingerprint density at radius 2 is 2.06 bits per heavy atom. The van der Waals surface area contributed by atoms with Crippen LogP contribution in [0.3, 0.4) is 0 Å². The lowest BCUT2D eigenvalue weighted by Crippen LogP contribution is -2.44. The maximum Gasteiger partial charge on any atom is 0.127 e. The zero-order valence-electron chi connectivity index (χ0n) is 9.91. The second-order valence-corrected chi connectivity index (χ2v) is 4.39. The molecule has 3 N–H and O–H groups in total. The molecule has 0 amide bonds. The minimum absolute atomic E-state index is 0.0124. The molecule has 90 valence electrons. The molecule has 16 heavy (non-hydrogen) atoms. The maximum atomic E-state index is 13.8. The molecule has 0 aromatic heterocycles. The van der Waals surface area contributed by atoms with Gasteiger partial charge in [0.15, 0.2) is 0 Å². The highest BCUT2D eigenvalue weighted by molar-refractivity contribution is 5.28. The highest BCUT2D eigenvalue weighted by atomic mass is 19.1. The Morgan fingerprint density at radius 1 is 1.44 bits per heavy atom. The first-order valence-corrected chi connectivity index (χ1v) is 5.67. The van der Waals surface area contributed by atoms with E-state index in [9.17, 15) is 4.39 Å². The summed E-state index contributed by atoms with van der Waals surface area (Å²) in [7, 11) is 0. The van der Waals surface area contributed by atoms with Gasteiger partial charge in [0.05, 0.1) is 0 Å². The van der Waals surface area contributed by atoms with Gasteiger partial charge in [-0.2, -0.15) is 0 Å². The van der Waals surface area contributed by atoms with Crippen molar-refractivity contribution < 1.29 is 9.50 Å². The highest BCUT2D eigenvalue weighted by Crippen LogP contribution is 2.33. The van der Waals surface area contributed by atoms with Crippen molar-refractivity contribution in [3.05, 3.63) is 35.6 Å². The van der Waals surface area contributed by atoms with Crippen LogP contribution in [0.5, 0.6) is 0 Å². The molecular weight excluding hydrogens is 205 g/mol. The molecule has 0 saturated heterocycles. The normalized spacial score (nSPS) is 16.8. The lowest BCUT2D eigenvalue weighted by Gasteiger charge is -2.35. The standard InChI is InChI=1S/C13H20FNO/c1-3-12(15)13(2,8-9-16)10-6-4-5-7-11(10)14/h4-7,12,16H,3,8-9,15H2,1-2H3. The van der Waals surface area contributed by atoms with Gasteiger partial charge in [0.25, 0.3) is 0 Å². The zero-order chi connectivity index (χ0) is 12.2. The number of benzene rings is 1. The van der Waals surface area contributed by atoms with E-state index in [1.54, 1.807) is 18.2 Å². The number of aliphatic hydroxyl groups excluding tert-OH is 1. The summed E-state index contributed by atoms with van der Waals surface area (Å²) in [5.41, 5.74) is 6.15. The maximum absolute atomic E-state index is 13.8. The summed E-state index contributed by atoms with van der Waals surface area (Å²) in [5.74, 6) is -0.248. The fourth-order valence-electron chi connectivity index (χ4n) is 2.13. The van der Waals surface area contributed by atoms with E-state index in [2.05, 4.69) is 0 Å². The van der Waals surface area contributed by atoms with Gasteiger partial charge >= 0.3 is 0 Å². The molecular formula is C13H20FNO. The van der Waals surface area contributed by atoms with Crippen LogP contribution in [0.2, 0.25) is 0 Å². The van der Waals surface area contributed by atoms with Gasteiger partial charge in [0, 0.05) is 18.1 Å². The van der Waals surface area contributed by atoms with Crippen molar-refractivity contribution in [2.75, 3.05) is 6.61 Å². The lowest BCUT2D eigenvalue weighted by molar-refractivity contribution is 0.220. The van der Waals surface area contributed by atoms with Crippen LogP contribution in [0.4, 0.5) is 4.39 Å². The molecule has 0 aliphatic heterocycles. The summed E-state index contributed by atoms with van der Waals surface area (Å²) in [6.45, 7) is 3.90. The Hall–Kier alpha value is -0.930. The average Bonchev–Trinajstić information content (AvgIpc) is 2.28. The van der Waals surface area contributed by atoms with Crippen molar-refractivity contribution in [3.63, 3.8) is 0 Å². The van der Waals surface area contributed by atoms with E-state index in [0.717, 1.165) is 6.42 Å². The number of nitrogens with two attached hydrogens (primary N) is 1. The van der Waals surface area contributed by atoms with Crippen molar-refractivity contribution >= 4 is 0 Å².